The Labute approximate surface area is 234 Å². The van der Waals surface area contributed by atoms with Gasteiger partial charge in [-0.05, 0) is 12.1 Å². The third kappa shape index (κ3) is 8.04. The smallest absolute Gasteiger partial charge is 0.262 e. The summed E-state index contributed by atoms with van der Waals surface area (Å²) in [5.41, 5.74) is 1.77. The van der Waals surface area contributed by atoms with E-state index in [9.17, 15) is 4.79 Å². The summed E-state index contributed by atoms with van der Waals surface area (Å²) >= 11 is 0. The number of halogens is 1. The van der Waals surface area contributed by atoms with Crippen LogP contribution in [0.1, 0.15) is 41.5 Å². The van der Waals surface area contributed by atoms with Crippen molar-refractivity contribution in [2.45, 2.75) is 47.8 Å². The van der Waals surface area contributed by atoms with Crippen LogP contribution in [0.25, 0.3) is 22.3 Å². The summed E-state index contributed by atoms with van der Waals surface area (Å²) in [4.78, 5) is 19.1. The fourth-order valence-corrected chi connectivity index (χ4v) is 10.1. The third-order valence-corrected chi connectivity index (χ3v) is 11.9. The van der Waals surface area contributed by atoms with Gasteiger partial charge in [0.15, 0.2) is 0 Å². The van der Waals surface area contributed by atoms with Crippen LogP contribution in [-0.2, 0) is 6.29 Å². The van der Waals surface area contributed by atoms with Crippen molar-refractivity contribution in [1.29, 1.82) is 0 Å². The van der Waals surface area contributed by atoms with Crippen LogP contribution in [0.2, 0.25) is 0 Å². The lowest BCUT2D eigenvalue weighted by Gasteiger charge is -2.57. The second-order valence-electron chi connectivity index (χ2n) is 8.68. The Hall–Kier alpha value is -1.98. The van der Waals surface area contributed by atoms with Crippen molar-refractivity contribution < 1.29 is 28.9 Å². The molecule has 3 rings (SSSR count). The molecule has 0 spiro atoms. The van der Waals surface area contributed by atoms with Crippen LogP contribution < -0.4 is 24.2 Å². The highest BCUT2D eigenvalue weighted by atomic mass is 35.7. The largest absolute Gasteiger partial charge is 0.284 e. The van der Waals surface area contributed by atoms with Gasteiger partial charge in [-0.15, -0.1) is 10.2 Å². The van der Waals surface area contributed by atoms with Gasteiger partial charge in [-0.3, -0.25) is 23.4 Å². The molecule has 0 saturated carbocycles. The highest BCUT2D eigenvalue weighted by Crippen LogP contribution is 2.68. The molecule has 0 atom stereocenters. The van der Waals surface area contributed by atoms with Crippen LogP contribution in [0.5, 0.6) is 0 Å². The van der Waals surface area contributed by atoms with Crippen LogP contribution in [0.4, 0.5) is 0 Å². The average molecular weight is 582 g/mol. The molecule has 0 aliphatic carbocycles. The quantitative estimate of drug-likeness (QED) is 0.287. The van der Waals surface area contributed by atoms with E-state index < -0.39 is 18.0 Å². The fraction of sp³-hybridized carbons (Fsp3) is 0.481. The molecular formula is C27H41ClN5O5P-. The van der Waals surface area contributed by atoms with Gasteiger partial charge in [-0.25, -0.2) is 23.6 Å². The molecule has 0 bridgehead atoms. The highest BCUT2D eigenvalue weighted by Gasteiger charge is 2.43. The first-order valence-electron chi connectivity index (χ1n) is 13.3. The van der Waals surface area contributed by atoms with E-state index in [0.717, 1.165) is 56.2 Å². The number of aromatic nitrogens is 2. The van der Waals surface area contributed by atoms with Gasteiger partial charge in [0.2, 0.25) is 0 Å². The molecule has 0 N–H and O–H groups in total. The van der Waals surface area contributed by atoms with Crippen molar-refractivity contribution in [3.63, 3.8) is 0 Å². The topological polar surface area (TPSA) is 137 Å². The fourth-order valence-electron chi connectivity index (χ4n) is 5.13. The minimum atomic E-state index is -4.94. The molecule has 2 aromatic carbocycles. The van der Waals surface area contributed by atoms with Crippen LogP contribution >= 0.6 is 7.71 Å². The summed E-state index contributed by atoms with van der Waals surface area (Å²) in [6.07, 6.45) is 0.624. The Morgan fingerprint density at radius 2 is 1.13 bits per heavy atom. The van der Waals surface area contributed by atoms with Gasteiger partial charge in [0, 0.05) is 44.8 Å². The molecule has 0 fully saturated rings. The molecule has 0 amide bonds. The predicted octanol–water partition coefficient (Wildman–Crippen LogP) is 1.05. The maximum Gasteiger partial charge on any atom is 0.262 e. The van der Waals surface area contributed by atoms with Gasteiger partial charge >= 0.3 is 0 Å². The summed E-state index contributed by atoms with van der Waals surface area (Å²) in [5, 5.41) is 0.680. The van der Waals surface area contributed by atoms with Gasteiger partial charge in [-0.1, -0.05) is 84.0 Å². The number of rotatable bonds is 12. The summed E-state index contributed by atoms with van der Waals surface area (Å²) in [6, 6.07) is 17.9. The van der Waals surface area contributed by atoms with Crippen LogP contribution in [0, 0.1) is 10.2 Å². The summed E-state index contributed by atoms with van der Waals surface area (Å²) in [7, 11) is -7.02. The van der Waals surface area contributed by atoms with Crippen molar-refractivity contribution in [1.82, 2.24) is 23.6 Å². The maximum atomic E-state index is 14.1. The summed E-state index contributed by atoms with van der Waals surface area (Å²) < 4.78 is 43.8. The molecule has 1 radical (unpaired) electrons. The Bertz CT molecular complexity index is 1180. The minimum Gasteiger partial charge on any atom is -0.284 e. The highest BCUT2D eigenvalue weighted by molar-refractivity contribution is 7.68. The van der Waals surface area contributed by atoms with Gasteiger partial charge in [0.25, 0.3) is 5.56 Å². The Balaban J connectivity index is 0.000000976. The monoisotopic (exact) mass is 581 g/mol. The van der Waals surface area contributed by atoms with Gasteiger partial charge < -0.3 is 0 Å². The van der Waals surface area contributed by atoms with E-state index in [1.54, 1.807) is 0 Å². The molecule has 0 unspecified atom stereocenters. The van der Waals surface area contributed by atoms with Crippen LogP contribution in [0.3, 0.4) is 0 Å². The van der Waals surface area contributed by atoms with E-state index in [-0.39, 0.29) is 5.56 Å². The Morgan fingerprint density at radius 3 is 1.56 bits per heavy atom. The Morgan fingerprint density at radius 1 is 0.718 bits per heavy atom. The molecule has 0 aliphatic rings. The molecule has 1 heterocycles. The standard InChI is InChI=1S/C27H41N5OP.ClHO4/c1-7-29(8-2)34(30(9-3)10-4,31(11-5)12-6)22-32-26(23-18-14-13-15-19-23)28-25-21-17-16-20-24(25)27(32)33;2-1(3,4)5/h13-21H,7-12,22H2,1-6H3;(H,2,3,4,5)/p-1. The Kier molecular flexibility index (Phi) is 12.9. The molecule has 12 heteroatoms. The first-order chi connectivity index (χ1) is 18.5. The van der Waals surface area contributed by atoms with Gasteiger partial charge in [-0.2, -0.15) is 0 Å². The van der Waals surface area contributed by atoms with Gasteiger partial charge in [0.1, 0.15) is 5.82 Å². The molecule has 39 heavy (non-hydrogen) atoms. The number of fused-ring (bicyclic) bond motifs is 1. The minimum absolute atomic E-state index is 0.0419. The summed E-state index contributed by atoms with van der Waals surface area (Å²) in [6.45, 7) is 19.1. The number of hydrogen-bond acceptors (Lipinski definition) is 9. The van der Waals surface area contributed by atoms with Crippen molar-refractivity contribution in [3.05, 3.63) is 65.0 Å². The average Bonchev–Trinajstić information content (AvgIpc) is 2.91. The maximum absolute atomic E-state index is 14.1. The molecule has 0 saturated heterocycles. The van der Waals surface area contributed by atoms with Crippen LogP contribution in [-0.4, -0.2) is 62.8 Å². The zero-order chi connectivity index (χ0) is 29.2. The molecule has 1 aromatic heterocycles. The molecular weight excluding hydrogens is 541 g/mol. The summed E-state index contributed by atoms with van der Waals surface area (Å²) in [5.74, 6) is 0.750. The zero-order valence-corrected chi connectivity index (χ0v) is 25.4. The third-order valence-electron chi connectivity index (χ3n) is 6.77. The number of hydrogen-bond donors (Lipinski definition) is 0. The molecule has 10 nitrogen and oxygen atoms in total. The van der Waals surface area contributed by atoms with Crippen molar-refractivity contribution in [2.24, 2.45) is 0 Å². The number of para-hydroxylation sites is 1. The van der Waals surface area contributed by atoms with E-state index in [1.807, 2.05) is 47.0 Å². The molecule has 217 valence electrons. The second kappa shape index (κ2) is 15.1. The van der Waals surface area contributed by atoms with Gasteiger partial charge in [0.05, 0.1) is 24.9 Å². The van der Waals surface area contributed by atoms with E-state index in [0.29, 0.717) is 11.7 Å². The predicted molar refractivity (Wildman–Crippen MR) is 147 cm³/mol. The van der Waals surface area contributed by atoms with E-state index >= 15 is 0 Å². The zero-order valence-electron chi connectivity index (χ0n) is 23.7. The molecule has 0 aliphatic heterocycles. The second-order valence-corrected chi connectivity index (χ2v) is 12.8. The number of benzene rings is 2. The normalized spacial score (nSPS) is 12.3. The lowest BCUT2D eigenvalue weighted by molar-refractivity contribution is -2.00. The first kappa shape index (κ1) is 33.2. The first-order valence-corrected chi connectivity index (χ1v) is 16.4. The van der Waals surface area contributed by atoms with Crippen molar-refractivity contribution >= 4 is 18.6 Å². The lowest BCUT2D eigenvalue weighted by atomic mass is 10.2. The van der Waals surface area contributed by atoms with E-state index in [2.05, 4.69) is 67.7 Å². The van der Waals surface area contributed by atoms with Crippen molar-refractivity contribution in [3.8, 4) is 11.4 Å². The van der Waals surface area contributed by atoms with Crippen LogP contribution in [0.15, 0.2) is 59.4 Å². The SMILES string of the molecule is CCN(CC)[P](Cn1c(-c2ccccc2)nc2ccccc2c1=O)(N(CC)CC)N(CC)CC.[O-][Cl+3]([O-])([O-])[O-]. The molecule has 3 aromatic rings. The lowest BCUT2D eigenvalue weighted by Crippen LogP contribution is -2.68. The van der Waals surface area contributed by atoms with E-state index in [1.165, 1.54) is 0 Å². The van der Waals surface area contributed by atoms with Crippen molar-refractivity contribution in [2.75, 3.05) is 39.3 Å². The van der Waals surface area contributed by atoms with E-state index in [4.69, 9.17) is 23.6 Å². The number of nitrogens with zero attached hydrogens (tertiary/aromatic N) is 5.